The second-order valence-corrected chi connectivity index (χ2v) is 7.98. The number of nitrogens with two attached hydrogens (primary N) is 1. The summed E-state index contributed by atoms with van der Waals surface area (Å²) in [7, 11) is -0.607. The van der Waals surface area contributed by atoms with Gasteiger partial charge < -0.3 is 15.0 Å². The fourth-order valence-electron chi connectivity index (χ4n) is 2.24. The van der Waals surface area contributed by atoms with Crippen LogP contribution < -0.4 is 5.73 Å². The van der Waals surface area contributed by atoms with E-state index in [2.05, 4.69) is 0 Å². The number of halogens is 1. The van der Waals surface area contributed by atoms with Gasteiger partial charge in [-0.1, -0.05) is 30.0 Å². The van der Waals surface area contributed by atoms with Crippen LogP contribution in [0.2, 0.25) is 0 Å². The molecule has 0 aliphatic carbocycles. The summed E-state index contributed by atoms with van der Waals surface area (Å²) in [6.07, 6.45) is 1.75. The molecule has 1 aliphatic heterocycles. The van der Waals surface area contributed by atoms with Crippen molar-refractivity contribution in [1.29, 1.82) is 0 Å². The Morgan fingerprint density at radius 3 is 2.42 bits per heavy atom. The summed E-state index contributed by atoms with van der Waals surface area (Å²) in [6.45, 7) is 9.33. The maximum Gasteiger partial charge on any atom is 0.491 e. The number of rotatable bonds is 4. The molecule has 7 heteroatoms. The number of carbonyl (C=O) groups is 1. The van der Waals surface area contributed by atoms with E-state index in [1.807, 2.05) is 27.7 Å². The molecule has 0 spiro atoms. The molecule has 2 rings (SSSR count). The van der Waals surface area contributed by atoms with Gasteiger partial charge in [0.2, 0.25) is 0 Å². The van der Waals surface area contributed by atoms with Gasteiger partial charge in [0.1, 0.15) is 5.82 Å². The molecule has 2 N–H and O–H groups in total. The van der Waals surface area contributed by atoms with Gasteiger partial charge in [-0.15, -0.1) is 0 Å². The monoisotopic (exact) mass is 351 g/mol. The van der Waals surface area contributed by atoms with Crippen molar-refractivity contribution in [3.8, 4) is 0 Å². The van der Waals surface area contributed by atoms with Crippen molar-refractivity contribution in [2.24, 2.45) is 0 Å². The Labute approximate surface area is 147 Å². The molecule has 1 aliphatic rings. The molecule has 4 nitrogen and oxygen atoms in total. The number of nitrogen functional groups attached to an aromatic ring is 1. The molecule has 24 heavy (non-hydrogen) atoms. The summed E-state index contributed by atoms with van der Waals surface area (Å²) in [5.74, 6) is -0.0847. The second-order valence-electron chi connectivity index (χ2n) is 6.83. The standard InChI is InChI=1S/C17H23BFNO3S/c1-11(21)24-10-13(9-12-7-6-8-14(19)15(12)20)18-22-16(2,3)17(4,5)23-18/h6-9H,10,20H2,1-5H3. The van der Waals surface area contributed by atoms with E-state index in [1.54, 1.807) is 18.2 Å². The van der Waals surface area contributed by atoms with Crippen LogP contribution in [0.4, 0.5) is 10.1 Å². The average molecular weight is 351 g/mol. The number of thioether (sulfide) groups is 1. The van der Waals surface area contributed by atoms with Crippen molar-refractivity contribution in [2.75, 3.05) is 11.5 Å². The Kier molecular flexibility index (Phi) is 5.47. The second kappa shape index (κ2) is 6.90. The number of para-hydroxylation sites is 1. The van der Waals surface area contributed by atoms with Crippen molar-refractivity contribution in [3.05, 3.63) is 35.1 Å². The predicted octanol–water partition coefficient (Wildman–Crippen LogP) is 3.70. The minimum absolute atomic E-state index is 0.00960. The van der Waals surface area contributed by atoms with Gasteiger partial charge in [-0.3, -0.25) is 4.79 Å². The number of hydrogen-bond donors (Lipinski definition) is 1. The predicted molar refractivity (Wildman–Crippen MR) is 98.0 cm³/mol. The molecule has 0 aromatic heterocycles. The molecule has 0 amide bonds. The van der Waals surface area contributed by atoms with E-state index in [1.165, 1.54) is 13.0 Å². The lowest BCUT2D eigenvalue weighted by Crippen LogP contribution is -2.41. The zero-order chi connectivity index (χ0) is 18.1. The molecule has 0 unspecified atom stereocenters. The molecule has 0 saturated carbocycles. The quantitative estimate of drug-likeness (QED) is 0.662. The first kappa shape index (κ1) is 19.0. The Balaban J connectivity index is 2.37. The van der Waals surface area contributed by atoms with Crippen LogP contribution in [0.1, 0.15) is 40.2 Å². The molecule has 130 valence electrons. The molecule has 1 heterocycles. The smallest absolute Gasteiger partial charge is 0.400 e. The van der Waals surface area contributed by atoms with Gasteiger partial charge >= 0.3 is 7.12 Å². The van der Waals surface area contributed by atoms with Crippen LogP contribution in [0.15, 0.2) is 23.7 Å². The van der Waals surface area contributed by atoms with Crippen molar-refractivity contribution >= 4 is 35.8 Å². The molecule has 0 radical (unpaired) electrons. The first-order chi connectivity index (χ1) is 11.0. The summed E-state index contributed by atoms with van der Waals surface area (Å²) in [5.41, 5.74) is 6.18. The molecule has 1 aromatic carbocycles. The lowest BCUT2D eigenvalue weighted by Gasteiger charge is -2.32. The number of benzene rings is 1. The van der Waals surface area contributed by atoms with E-state index in [9.17, 15) is 9.18 Å². The van der Waals surface area contributed by atoms with Crippen LogP contribution in [-0.2, 0) is 14.1 Å². The van der Waals surface area contributed by atoms with Crippen molar-refractivity contribution < 1.29 is 18.5 Å². The van der Waals surface area contributed by atoms with Gasteiger partial charge in [0.15, 0.2) is 5.12 Å². The van der Waals surface area contributed by atoms with Gasteiger partial charge in [-0.2, -0.15) is 0 Å². The Bertz CT molecular complexity index is 660. The van der Waals surface area contributed by atoms with Crippen LogP contribution in [-0.4, -0.2) is 29.2 Å². The molecular formula is C17H23BFNO3S. The number of carbonyl (C=O) groups excluding carboxylic acids is 1. The maximum absolute atomic E-state index is 13.7. The summed E-state index contributed by atoms with van der Waals surface area (Å²) in [6, 6.07) is 4.63. The SMILES string of the molecule is CC(=O)SCC(=Cc1cccc(F)c1N)B1OC(C)(C)C(C)(C)O1. The van der Waals surface area contributed by atoms with Gasteiger partial charge in [0, 0.05) is 12.7 Å². The lowest BCUT2D eigenvalue weighted by molar-refractivity contribution is -0.109. The van der Waals surface area contributed by atoms with Gasteiger partial charge in [-0.25, -0.2) is 4.39 Å². The first-order valence-corrected chi connectivity index (χ1v) is 8.75. The highest BCUT2D eigenvalue weighted by molar-refractivity contribution is 8.13. The van der Waals surface area contributed by atoms with Gasteiger partial charge in [0.05, 0.1) is 16.9 Å². The van der Waals surface area contributed by atoms with E-state index in [0.717, 1.165) is 17.2 Å². The van der Waals surface area contributed by atoms with Crippen molar-refractivity contribution in [2.45, 2.75) is 45.8 Å². The minimum Gasteiger partial charge on any atom is -0.400 e. The molecule has 0 bridgehead atoms. The van der Waals surface area contributed by atoms with Crippen LogP contribution in [0.3, 0.4) is 0 Å². The highest BCUT2D eigenvalue weighted by Crippen LogP contribution is 2.39. The van der Waals surface area contributed by atoms with Crippen molar-refractivity contribution in [1.82, 2.24) is 0 Å². The van der Waals surface area contributed by atoms with Crippen LogP contribution in [0.5, 0.6) is 0 Å². The zero-order valence-corrected chi connectivity index (χ0v) is 15.5. The van der Waals surface area contributed by atoms with E-state index < -0.39 is 24.1 Å². The zero-order valence-electron chi connectivity index (χ0n) is 14.7. The fraction of sp³-hybridized carbons (Fsp3) is 0.471. The third-order valence-electron chi connectivity index (χ3n) is 4.43. The largest absolute Gasteiger partial charge is 0.491 e. The fourth-order valence-corrected chi connectivity index (χ4v) is 2.83. The number of hydrogen-bond acceptors (Lipinski definition) is 5. The Hall–Kier alpha value is -1.31. The Morgan fingerprint density at radius 1 is 1.29 bits per heavy atom. The average Bonchev–Trinajstić information content (AvgIpc) is 2.67. The molecule has 1 aromatic rings. The van der Waals surface area contributed by atoms with Crippen LogP contribution >= 0.6 is 11.8 Å². The van der Waals surface area contributed by atoms with Crippen LogP contribution in [0, 0.1) is 5.82 Å². The lowest BCUT2D eigenvalue weighted by atomic mass is 9.78. The maximum atomic E-state index is 13.7. The first-order valence-electron chi connectivity index (χ1n) is 7.77. The van der Waals surface area contributed by atoms with E-state index in [-0.39, 0.29) is 10.8 Å². The minimum atomic E-state index is -0.607. The third-order valence-corrected chi connectivity index (χ3v) is 5.31. The third kappa shape index (κ3) is 4.02. The van der Waals surface area contributed by atoms with Gasteiger partial charge in [-0.05, 0) is 44.8 Å². The topological polar surface area (TPSA) is 61.6 Å². The highest BCUT2D eigenvalue weighted by atomic mass is 32.2. The van der Waals surface area contributed by atoms with E-state index in [0.29, 0.717) is 11.3 Å². The molecular weight excluding hydrogens is 328 g/mol. The molecule has 0 atom stereocenters. The normalized spacial score (nSPS) is 19.6. The Morgan fingerprint density at radius 2 is 1.88 bits per heavy atom. The van der Waals surface area contributed by atoms with Crippen LogP contribution in [0.25, 0.3) is 6.08 Å². The van der Waals surface area contributed by atoms with Crippen molar-refractivity contribution in [3.63, 3.8) is 0 Å². The summed E-state index contributed by atoms with van der Waals surface area (Å²) < 4.78 is 25.8. The van der Waals surface area contributed by atoms with E-state index >= 15 is 0 Å². The molecule has 1 fully saturated rings. The van der Waals surface area contributed by atoms with Gasteiger partial charge in [0.25, 0.3) is 0 Å². The summed E-state index contributed by atoms with van der Waals surface area (Å²) >= 11 is 1.15. The summed E-state index contributed by atoms with van der Waals surface area (Å²) in [5, 5.41) is -0.00960. The summed E-state index contributed by atoms with van der Waals surface area (Å²) in [4.78, 5) is 11.4. The highest BCUT2D eigenvalue weighted by Gasteiger charge is 2.52. The van der Waals surface area contributed by atoms with E-state index in [4.69, 9.17) is 15.0 Å². The number of anilines is 1. The molecule has 1 saturated heterocycles.